The second-order valence-corrected chi connectivity index (χ2v) is 29.5. The van der Waals surface area contributed by atoms with Gasteiger partial charge in [0.05, 0.1) is 63.2 Å². The molecule has 6 aromatic rings. The van der Waals surface area contributed by atoms with Crippen LogP contribution < -0.4 is 30.6 Å². The Hall–Kier alpha value is -8.86. The Morgan fingerprint density at radius 1 is 0.500 bits per heavy atom. The molecule has 0 saturated carbocycles. The standard InChI is InChI=1S/C25H39FN5O14P.C23H35FN5O14P.C15H22FN5O5.2CH4/c1-8-27-21-29-17-16(18(30-21)37-9-2)28-11-31(17)20-24(7,35)19(32)25(26,45-20)10-40-46(36,41-12-38-22(33)43-14(3)4)42-13-39-23(34)44-15(5)6;1-7-35-16-14-15(27-19(25)28-16)29(9-26-14)18-22(6,33)17(30)23(24,43-18)8-38-44(34,39-10-36-20(31)41-12(2)3)40-11-37-21(32)42-13(4)5;1-4-17-13-19-9-8(10(20-13)25-5-2)18-7-21(9)12-14(3,24)11(23)15(16,6-22)26-12;;/h11,14-15,19-20,32,35H,8-10,12-13H2,1-7H3,(H,27,29,30);9,12-13,17-18,30,33H,7-8,10-11H2,1-6H3,(H2,25,27,28);7,11-12,22-24H,4-6H2,1-3H3,(H,17,19,20);2*1H4/t19-,20+,24+,25+;17-,18+,22+,23+;11-,12+,14+,15+;;/m000../s1/i1T;;1T;;. The first-order chi connectivity index (χ1) is 55.3. The first kappa shape index (κ1) is 96.3. The third kappa shape index (κ3) is 24.2. The highest BCUT2D eigenvalue weighted by atomic mass is 31.2. The number of imidazole rings is 3. The number of nitrogens with zero attached hydrogens (tertiary/aromatic N) is 12. The largest absolute Gasteiger partial charge is 0.510 e. The number of ether oxygens (including phenoxy) is 14. The van der Waals surface area contributed by atoms with Crippen molar-refractivity contribution >= 4 is 91.6 Å². The molecule has 3 aliphatic rings. The zero-order valence-electron chi connectivity index (χ0n) is 67.1. The van der Waals surface area contributed by atoms with Crippen LogP contribution in [-0.4, -0.2) is 276 Å². The molecule has 0 amide bonds. The number of nitrogens with one attached hydrogen (secondary N) is 2. The highest BCUT2D eigenvalue weighted by Gasteiger charge is 2.66. The van der Waals surface area contributed by atoms with Crippen LogP contribution in [0.5, 0.6) is 17.6 Å². The number of phosphoric acid groups is 2. The molecule has 9 heterocycles. The van der Waals surface area contributed by atoms with Gasteiger partial charge in [0.1, 0.15) is 54.9 Å². The number of halogens is 3. The Morgan fingerprint density at radius 2 is 0.780 bits per heavy atom. The maximum Gasteiger partial charge on any atom is 0.510 e. The van der Waals surface area contributed by atoms with Gasteiger partial charge < -0.3 is 118 Å². The monoisotopic (exact) mass is 1750 g/mol. The zero-order chi connectivity index (χ0) is 87.7. The van der Waals surface area contributed by atoms with Crippen molar-refractivity contribution in [2.24, 2.45) is 0 Å². The SMILES string of the molecule is C.C.CCOc1nc(N)nc2c1ncn2[C@@H]1O[C@](F)(COP(=O)(OCOC(=O)OC(C)C)OCOC(=O)OC(C)C)[C@@H](O)[C@@]1(C)O.[3H]CCNc1nc(OCC)c2ncn([C@@H]3O[C@](F)(CO)[C@@H](O)[C@@]3(C)O)c2n1.[3H]CCNc1nc(OCC)c2ncn([C@@H]3O[C@](F)(COP(=O)(OCOC(=O)OC(C)C)OCOC(=O)OC(C)C)[C@@H](O)[C@@]3(C)O)c2n1. The van der Waals surface area contributed by atoms with Crippen LogP contribution in [0.15, 0.2) is 19.0 Å². The summed E-state index contributed by atoms with van der Waals surface area (Å²) in [6.45, 7) is 13.8. The van der Waals surface area contributed by atoms with Gasteiger partial charge in [-0.1, -0.05) is 14.9 Å². The highest BCUT2D eigenvalue weighted by molar-refractivity contribution is 7.48. The van der Waals surface area contributed by atoms with Crippen LogP contribution in [0, 0.1) is 0 Å². The number of alkyl halides is 3. The quantitative estimate of drug-likeness (QED) is 0.00846. The summed E-state index contributed by atoms with van der Waals surface area (Å²) in [5.74, 6) is -9.21. The Bertz CT molecular complexity index is 4390. The first-order valence-corrected chi connectivity index (χ1v) is 38.0. The summed E-state index contributed by atoms with van der Waals surface area (Å²) in [4.78, 5) is 84.1. The normalized spacial score (nSPS) is 25.0. The van der Waals surface area contributed by atoms with Gasteiger partial charge in [-0.2, -0.15) is 29.9 Å². The summed E-state index contributed by atoms with van der Waals surface area (Å²) in [5, 5.41) is 79.7. The number of hydrogen-bond donors (Lipinski definition) is 10. The average Bonchev–Trinajstić information content (AvgIpc) is 1.59. The fraction of sp³-hybridized carbons (Fsp3) is 0.708. The molecule has 6 aromatic heterocycles. The minimum atomic E-state index is -4.97. The topological polar surface area (TPSA) is 610 Å². The lowest BCUT2D eigenvalue weighted by atomic mass is 9.95. The number of hydrogen-bond acceptors (Lipinski definition) is 45. The van der Waals surface area contributed by atoms with Crippen molar-refractivity contribution in [3.63, 3.8) is 0 Å². The fourth-order valence-corrected chi connectivity index (χ4v) is 12.3. The smallest absolute Gasteiger partial charge is 0.476 e. The van der Waals surface area contributed by atoms with Crippen LogP contribution >= 0.6 is 15.6 Å². The van der Waals surface area contributed by atoms with Crippen LogP contribution in [0.25, 0.3) is 33.5 Å². The molecule has 0 aliphatic carbocycles. The third-order valence-electron chi connectivity index (χ3n) is 15.6. The summed E-state index contributed by atoms with van der Waals surface area (Å²) in [5.41, 5.74) is -0.474. The number of phosphoric ester groups is 2. The predicted molar refractivity (Wildman–Crippen MR) is 396 cm³/mol. The summed E-state index contributed by atoms with van der Waals surface area (Å²) >= 11 is 0. The minimum absolute atomic E-state index is 0. The molecule has 118 heavy (non-hydrogen) atoms. The second kappa shape index (κ2) is 41.9. The fourth-order valence-electron chi connectivity index (χ4n) is 10.5. The second-order valence-electron chi connectivity index (χ2n) is 26.2. The van der Waals surface area contributed by atoms with E-state index in [0.717, 1.165) is 35.6 Å². The van der Waals surface area contributed by atoms with Crippen molar-refractivity contribution in [2.45, 2.75) is 221 Å². The number of carbonyl (C=O) groups excluding carboxylic acids is 4. The highest BCUT2D eigenvalue weighted by Crippen LogP contribution is 2.56. The summed E-state index contributed by atoms with van der Waals surface area (Å²) in [6, 6.07) is 0. The number of carbonyl (C=O) groups is 4. The molecule has 3 fully saturated rings. The van der Waals surface area contributed by atoms with Gasteiger partial charge in [0.15, 0.2) is 52.2 Å². The Morgan fingerprint density at radius 3 is 1.05 bits per heavy atom. The van der Waals surface area contributed by atoms with Crippen molar-refractivity contribution < 1.29 is 173 Å². The molecule has 668 valence electrons. The molecule has 48 nitrogen and oxygen atoms in total. The van der Waals surface area contributed by atoms with Gasteiger partial charge in [-0.15, -0.1) is 0 Å². The molecule has 0 spiro atoms. The molecule has 3 aliphatic heterocycles. The van der Waals surface area contributed by atoms with Crippen LogP contribution in [0.1, 0.15) is 147 Å². The maximum absolute atomic E-state index is 16.3. The molecule has 0 unspecified atom stereocenters. The van der Waals surface area contributed by atoms with Gasteiger partial charge in [-0.3, -0.25) is 22.7 Å². The predicted octanol–water partition coefficient (Wildman–Crippen LogP) is 6.70. The number of fused-ring (bicyclic) bond motifs is 3. The Kier molecular flexibility index (Phi) is 34.2. The molecule has 3 saturated heterocycles. The zero-order valence-corrected chi connectivity index (χ0v) is 66.9. The molecule has 53 heteroatoms. The van der Waals surface area contributed by atoms with Gasteiger partial charge in [0.2, 0.25) is 62.7 Å². The van der Waals surface area contributed by atoms with E-state index in [1.807, 2.05) is 0 Å². The number of aliphatic hydroxyl groups excluding tert-OH is 4. The maximum atomic E-state index is 16.3. The number of anilines is 3. The van der Waals surface area contributed by atoms with Crippen LogP contribution in [-0.2, 0) is 88.4 Å². The summed E-state index contributed by atoms with van der Waals surface area (Å²) < 4.78 is 191. The summed E-state index contributed by atoms with van der Waals surface area (Å²) in [6.07, 6.45) is -15.1. The first-order valence-electron chi connectivity index (χ1n) is 36.5. The summed E-state index contributed by atoms with van der Waals surface area (Å²) in [7, 11) is -9.93. The molecular formula is C65H104F3N15O33P2. The van der Waals surface area contributed by atoms with Gasteiger partial charge in [-0.25, -0.2) is 74.5 Å². The molecule has 0 aromatic carbocycles. The van der Waals surface area contributed by atoms with Crippen molar-refractivity contribution in [3.05, 3.63) is 19.0 Å². The van der Waals surface area contributed by atoms with E-state index in [9.17, 15) is 68.4 Å². The molecular weight excluding hydrogens is 1640 g/mol. The van der Waals surface area contributed by atoms with Gasteiger partial charge in [-0.05, 0) is 111 Å². The van der Waals surface area contributed by atoms with E-state index in [1.54, 1.807) is 20.8 Å². The number of nitrogen functional groups attached to an aromatic ring is 1. The molecule has 9 rings (SSSR count). The number of aromatic nitrogens is 12. The lowest BCUT2D eigenvalue weighted by molar-refractivity contribution is -0.206. The van der Waals surface area contributed by atoms with Gasteiger partial charge >= 0.3 is 40.3 Å². The van der Waals surface area contributed by atoms with E-state index in [1.165, 1.54) is 73.2 Å². The van der Waals surface area contributed by atoms with Gasteiger partial charge in [0, 0.05) is 15.8 Å². The number of rotatable bonds is 36. The molecule has 11 N–H and O–H groups in total. The van der Waals surface area contributed by atoms with Crippen LogP contribution in [0.2, 0.25) is 0 Å². The van der Waals surface area contributed by atoms with Crippen LogP contribution in [0.4, 0.5) is 50.2 Å². The van der Waals surface area contributed by atoms with E-state index in [2.05, 4.69) is 74.4 Å². The van der Waals surface area contributed by atoms with Crippen molar-refractivity contribution in [1.29, 1.82) is 0 Å². The van der Waals surface area contributed by atoms with Crippen LogP contribution in [0.3, 0.4) is 0 Å². The van der Waals surface area contributed by atoms with E-state index in [0.29, 0.717) is 13.2 Å². The van der Waals surface area contributed by atoms with E-state index in [-0.39, 0.29) is 117 Å². The van der Waals surface area contributed by atoms with E-state index in [4.69, 9.17) is 83.0 Å². The van der Waals surface area contributed by atoms with E-state index < -0.39 is 183 Å². The van der Waals surface area contributed by atoms with Crippen molar-refractivity contribution in [1.82, 2.24) is 58.6 Å². The third-order valence-corrected chi connectivity index (χ3v) is 18.2. The molecule has 0 radical (unpaired) electrons. The van der Waals surface area contributed by atoms with E-state index >= 15 is 8.78 Å². The van der Waals surface area contributed by atoms with Crippen molar-refractivity contribution in [3.8, 4) is 17.6 Å². The number of aliphatic hydroxyl groups is 7. The lowest BCUT2D eigenvalue weighted by Crippen LogP contribution is -2.49. The van der Waals surface area contributed by atoms with Crippen molar-refractivity contribution in [2.75, 3.05) is 96.3 Å². The Balaban J connectivity index is 0.000000328. The lowest BCUT2D eigenvalue weighted by Gasteiger charge is -2.28. The van der Waals surface area contributed by atoms with Gasteiger partial charge in [0.25, 0.3) is 17.6 Å². The minimum Gasteiger partial charge on any atom is -0.476 e. The molecule has 0 bridgehead atoms. The molecule has 12 atom stereocenters. The average molecular weight is 1750 g/mol. The number of nitrogens with two attached hydrogens (primary N) is 1. The Labute approximate surface area is 675 Å².